The van der Waals surface area contributed by atoms with Crippen molar-refractivity contribution in [2.24, 2.45) is 11.1 Å². The van der Waals surface area contributed by atoms with Crippen molar-refractivity contribution >= 4 is 5.97 Å². The quantitative estimate of drug-likeness (QED) is 0.559. The maximum atomic E-state index is 13.4. The second-order valence-corrected chi connectivity index (χ2v) is 10.9. The number of alkyl halides is 3. The van der Waals surface area contributed by atoms with Crippen LogP contribution in [0.4, 0.5) is 13.2 Å². The summed E-state index contributed by atoms with van der Waals surface area (Å²) in [5.41, 5.74) is 3.91. The molecule has 0 aliphatic heterocycles. The summed E-state index contributed by atoms with van der Waals surface area (Å²) in [5.74, 6) is -0.510. The van der Waals surface area contributed by atoms with Crippen LogP contribution in [-0.2, 0) is 20.6 Å². The summed E-state index contributed by atoms with van der Waals surface area (Å²) in [6.07, 6.45) is -2.08. The fourth-order valence-electron chi connectivity index (χ4n) is 3.85. The summed E-state index contributed by atoms with van der Waals surface area (Å²) < 4.78 is 46.8. The predicted molar refractivity (Wildman–Crippen MR) is 119 cm³/mol. The van der Waals surface area contributed by atoms with Gasteiger partial charge in [0.25, 0.3) is 0 Å². The van der Waals surface area contributed by atoms with E-state index in [0.717, 1.165) is 4.68 Å². The molecule has 1 aromatic carbocycles. The second kappa shape index (κ2) is 8.11. The number of benzene rings is 1. The lowest BCUT2D eigenvalue weighted by Gasteiger charge is -2.36. The van der Waals surface area contributed by atoms with E-state index in [0.29, 0.717) is 29.7 Å². The molecule has 0 amide bonds. The summed E-state index contributed by atoms with van der Waals surface area (Å²) in [6.45, 7) is 11.6. The maximum absolute atomic E-state index is 13.4. The van der Waals surface area contributed by atoms with Crippen LogP contribution < -0.4 is 5.73 Å². The van der Waals surface area contributed by atoms with Crippen LogP contribution in [0.2, 0.25) is 0 Å². The smallest absolute Gasteiger partial charge is 0.413 e. The average Bonchev–Trinajstić information content (AvgIpc) is 3.38. The van der Waals surface area contributed by atoms with E-state index in [-0.39, 0.29) is 18.3 Å². The highest BCUT2D eigenvalue weighted by atomic mass is 19.4. The number of carbonyl (C=O) groups is 1. The molecule has 0 saturated heterocycles. The minimum Gasteiger partial charge on any atom is -0.458 e. The van der Waals surface area contributed by atoms with E-state index in [1.165, 1.54) is 6.20 Å². The van der Waals surface area contributed by atoms with Gasteiger partial charge in [-0.25, -0.2) is 9.48 Å². The number of aromatic nitrogens is 3. The number of hydrogen-bond acceptors (Lipinski definition) is 5. The predicted octanol–water partition coefficient (Wildman–Crippen LogP) is 5.32. The monoisotopic (exact) mass is 466 g/mol. The number of carbonyl (C=O) groups excluding carboxylic acids is 1. The number of nitrogens with zero attached hydrogens (tertiary/aromatic N) is 3. The highest BCUT2D eigenvalue weighted by Crippen LogP contribution is 2.55. The summed E-state index contributed by atoms with van der Waals surface area (Å²) in [6, 6.07) is 6.80. The molecule has 2 N–H and O–H groups in total. The Balaban J connectivity index is 1.91. The summed E-state index contributed by atoms with van der Waals surface area (Å²) in [5, 5.41) is 7.68. The van der Waals surface area contributed by atoms with Crippen LogP contribution in [0.15, 0.2) is 30.5 Å². The zero-order valence-corrected chi connectivity index (χ0v) is 20.1. The molecule has 1 aliphatic rings. The highest BCUT2D eigenvalue weighted by molar-refractivity contribution is 5.83. The standard InChI is InChI=1S/C24H33F3N4O2/c1-7-21(5,6)33-19(32)23(28,15-20(2,3)4)17-10-8-16(9-11-17)18-14-31(30-29-18)22(12-13-22)24(25,26)27/h8-11,14H,7,12-13,15,28H2,1-6H3. The molecule has 3 rings (SSSR count). The van der Waals surface area contributed by atoms with Crippen molar-refractivity contribution in [3.63, 3.8) is 0 Å². The van der Waals surface area contributed by atoms with E-state index < -0.39 is 28.8 Å². The molecule has 1 fully saturated rings. The molecule has 1 saturated carbocycles. The molecule has 1 unspecified atom stereocenters. The number of hydrogen-bond donors (Lipinski definition) is 1. The van der Waals surface area contributed by atoms with Crippen molar-refractivity contribution in [2.45, 2.75) is 90.1 Å². The first-order valence-electron chi connectivity index (χ1n) is 11.2. The van der Waals surface area contributed by atoms with Crippen LogP contribution in [-0.4, -0.2) is 32.7 Å². The highest BCUT2D eigenvalue weighted by Gasteiger charge is 2.66. The van der Waals surface area contributed by atoms with Crippen LogP contribution in [0, 0.1) is 5.41 Å². The first-order valence-corrected chi connectivity index (χ1v) is 11.2. The molecule has 2 aromatic rings. The summed E-state index contributed by atoms with van der Waals surface area (Å²) in [4.78, 5) is 13.2. The van der Waals surface area contributed by atoms with Crippen molar-refractivity contribution in [1.29, 1.82) is 0 Å². The third-order valence-electron chi connectivity index (χ3n) is 6.27. The van der Waals surface area contributed by atoms with Gasteiger partial charge in [-0.3, -0.25) is 0 Å². The van der Waals surface area contributed by atoms with Gasteiger partial charge in [0.05, 0.1) is 6.20 Å². The Bertz CT molecular complexity index is 1000. The van der Waals surface area contributed by atoms with Gasteiger partial charge in [-0.05, 0) is 50.5 Å². The van der Waals surface area contributed by atoms with Crippen molar-refractivity contribution in [3.05, 3.63) is 36.0 Å². The third-order valence-corrected chi connectivity index (χ3v) is 6.27. The number of esters is 1. The summed E-state index contributed by atoms with van der Waals surface area (Å²) in [7, 11) is 0. The molecule has 1 aliphatic carbocycles. The van der Waals surface area contributed by atoms with Gasteiger partial charge in [0.1, 0.15) is 16.8 Å². The van der Waals surface area contributed by atoms with Gasteiger partial charge in [-0.1, -0.05) is 57.2 Å². The van der Waals surface area contributed by atoms with Crippen LogP contribution >= 0.6 is 0 Å². The van der Waals surface area contributed by atoms with Crippen molar-refractivity contribution in [2.75, 3.05) is 0 Å². The first kappa shape index (κ1) is 25.2. The minimum atomic E-state index is -4.37. The average molecular weight is 467 g/mol. The molecule has 1 heterocycles. The maximum Gasteiger partial charge on any atom is 0.413 e. The molecule has 0 spiro atoms. The van der Waals surface area contributed by atoms with E-state index in [1.807, 2.05) is 41.5 Å². The van der Waals surface area contributed by atoms with E-state index in [4.69, 9.17) is 10.5 Å². The molecule has 1 aromatic heterocycles. The number of halogens is 3. The molecule has 9 heteroatoms. The Morgan fingerprint density at radius 1 is 1.12 bits per heavy atom. The Morgan fingerprint density at radius 3 is 2.15 bits per heavy atom. The van der Waals surface area contributed by atoms with Gasteiger partial charge in [0, 0.05) is 5.56 Å². The lowest BCUT2D eigenvalue weighted by atomic mass is 9.76. The Morgan fingerprint density at radius 2 is 1.70 bits per heavy atom. The van der Waals surface area contributed by atoms with Gasteiger partial charge >= 0.3 is 12.1 Å². The zero-order valence-electron chi connectivity index (χ0n) is 20.1. The fourth-order valence-corrected chi connectivity index (χ4v) is 3.85. The number of ether oxygens (including phenoxy) is 1. The van der Waals surface area contributed by atoms with Crippen LogP contribution in [0.25, 0.3) is 11.3 Å². The van der Waals surface area contributed by atoms with Crippen molar-refractivity contribution < 1.29 is 22.7 Å². The van der Waals surface area contributed by atoms with Crippen LogP contribution in [0.5, 0.6) is 0 Å². The SMILES string of the molecule is CCC(C)(C)OC(=O)C(N)(CC(C)(C)C)c1ccc(-c2cn(C3(C(F)(F)F)CC3)nn2)cc1. The van der Waals surface area contributed by atoms with Gasteiger partial charge in [0.15, 0.2) is 5.54 Å². The topological polar surface area (TPSA) is 83.0 Å². The molecular formula is C24H33F3N4O2. The Labute approximate surface area is 192 Å². The third kappa shape index (κ3) is 5.08. The molecule has 182 valence electrons. The van der Waals surface area contributed by atoms with Gasteiger partial charge in [0.2, 0.25) is 0 Å². The molecule has 0 radical (unpaired) electrons. The first-order chi connectivity index (χ1) is 15.0. The molecule has 6 nitrogen and oxygen atoms in total. The Kier molecular flexibility index (Phi) is 6.20. The second-order valence-electron chi connectivity index (χ2n) is 10.9. The van der Waals surface area contributed by atoms with E-state index >= 15 is 0 Å². The van der Waals surface area contributed by atoms with Gasteiger partial charge < -0.3 is 10.5 Å². The lowest BCUT2D eigenvalue weighted by molar-refractivity contribution is -0.183. The van der Waals surface area contributed by atoms with Crippen LogP contribution in [0.3, 0.4) is 0 Å². The van der Waals surface area contributed by atoms with Gasteiger partial charge in [-0.2, -0.15) is 13.2 Å². The van der Waals surface area contributed by atoms with E-state index in [2.05, 4.69) is 10.3 Å². The molecular weight excluding hydrogens is 433 g/mol. The largest absolute Gasteiger partial charge is 0.458 e. The number of nitrogens with two attached hydrogens (primary N) is 1. The zero-order chi connectivity index (χ0) is 24.9. The minimum absolute atomic E-state index is 0.00302. The van der Waals surface area contributed by atoms with Gasteiger partial charge in [-0.15, -0.1) is 5.10 Å². The molecule has 33 heavy (non-hydrogen) atoms. The van der Waals surface area contributed by atoms with Crippen molar-refractivity contribution in [1.82, 2.24) is 15.0 Å². The Hall–Kier alpha value is -2.42. The van der Waals surface area contributed by atoms with Crippen LogP contribution in [0.1, 0.15) is 72.8 Å². The molecule has 1 atom stereocenters. The fraction of sp³-hybridized carbons (Fsp3) is 0.625. The van der Waals surface area contributed by atoms with E-state index in [9.17, 15) is 18.0 Å². The summed E-state index contributed by atoms with van der Waals surface area (Å²) >= 11 is 0. The van der Waals surface area contributed by atoms with Crippen molar-refractivity contribution in [3.8, 4) is 11.3 Å². The number of rotatable bonds is 7. The van der Waals surface area contributed by atoms with E-state index in [1.54, 1.807) is 24.3 Å². The normalized spacial score (nSPS) is 18.0. The molecule has 0 bridgehead atoms. The lowest BCUT2D eigenvalue weighted by Crippen LogP contribution is -2.50.